The van der Waals surface area contributed by atoms with Crippen molar-refractivity contribution in [1.82, 2.24) is 5.32 Å². The molecule has 3 fully saturated rings. The minimum absolute atomic E-state index is 0.276. The van der Waals surface area contributed by atoms with Crippen LogP contribution in [0.5, 0.6) is 0 Å². The van der Waals surface area contributed by atoms with Gasteiger partial charge in [0.15, 0.2) is 0 Å². The molecule has 0 amide bonds. The van der Waals surface area contributed by atoms with Crippen LogP contribution in [0.3, 0.4) is 0 Å². The van der Waals surface area contributed by atoms with E-state index in [2.05, 4.69) is 19.2 Å². The molecular weight excluding hydrogens is 234 g/mol. The lowest BCUT2D eigenvalue weighted by Crippen LogP contribution is -2.67. The Morgan fingerprint density at radius 3 is 2.65 bits per heavy atom. The fourth-order valence-electron chi connectivity index (χ4n) is 3.88. The van der Waals surface area contributed by atoms with Crippen molar-refractivity contribution in [2.24, 2.45) is 11.3 Å². The third-order valence-electron chi connectivity index (χ3n) is 4.90. The summed E-state index contributed by atoms with van der Waals surface area (Å²) in [6.07, 6.45) is 3.84. The molecular formula is C13H23NO2S. The fraction of sp³-hybridized carbons (Fsp3) is 1.00. The molecule has 3 aliphatic rings. The fourth-order valence-corrected chi connectivity index (χ4v) is 5.18. The molecule has 0 aromatic rings. The molecule has 0 bridgehead atoms. The van der Waals surface area contributed by atoms with E-state index in [0.29, 0.717) is 18.2 Å². The Hall–Kier alpha value is 0.0700. The lowest BCUT2D eigenvalue weighted by molar-refractivity contribution is -0.115. The van der Waals surface area contributed by atoms with Crippen LogP contribution in [-0.4, -0.2) is 40.5 Å². The lowest BCUT2D eigenvalue weighted by atomic mass is 9.57. The van der Waals surface area contributed by atoms with Gasteiger partial charge in [0.05, 0.1) is 6.10 Å². The molecule has 17 heavy (non-hydrogen) atoms. The zero-order valence-corrected chi connectivity index (χ0v) is 11.6. The minimum Gasteiger partial charge on any atom is -0.377 e. The van der Waals surface area contributed by atoms with E-state index in [0.717, 1.165) is 36.9 Å². The molecule has 1 N–H and O–H groups in total. The molecule has 0 spiro atoms. The van der Waals surface area contributed by atoms with Crippen LogP contribution >= 0.6 is 0 Å². The van der Waals surface area contributed by atoms with Gasteiger partial charge in [0.1, 0.15) is 0 Å². The summed E-state index contributed by atoms with van der Waals surface area (Å²) in [5, 5.41) is 3.82. The Bertz CT molecular complexity index is 321. The molecule has 3 nitrogen and oxygen atoms in total. The summed E-state index contributed by atoms with van der Waals surface area (Å²) in [5.41, 5.74) is 0.276. The van der Waals surface area contributed by atoms with Crippen LogP contribution in [0.4, 0.5) is 0 Å². The van der Waals surface area contributed by atoms with Gasteiger partial charge in [-0.3, -0.25) is 4.21 Å². The van der Waals surface area contributed by atoms with Crippen LogP contribution in [0.1, 0.15) is 33.1 Å². The third kappa shape index (κ3) is 1.98. The van der Waals surface area contributed by atoms with Crippen LogP contribution < -0.4 is 5.32 Å². The highest BCUT2D eigenvalue weighted by atomic mass is 32.2. The zero-order valence-electron chi connectivity index (χ0n) is 10.8. The quantitative estimate of drug-likeness (QED) is 0.810. The summed E-state index contributed by atoms with van der Waals surface area (Å²) in [7, 11) is -0.549. The number of rotatable bonds is 2. The second kappa shape index (κ2) is 4.32. The monoisotopic (exact) mass is 257 g/mol. The summed E-state index contributed by atoms with van der Waals surface area (Å²) in [5.74, 6) is 2.49. The summed E-state index contributed by atoms with van der Waals surface area (Å²) in [6.45, 7) is 5.57. The van der Waals surface area contributed by atoms with Gasteiger partial charge in [-0.15, -0.1) is 0 Å². The molecule has 98 valence electrons. The summed E-state index contributed by atoms with van der Waals surface area (Å²) < 4.78 is 17.2. The van der Waals surface area contributed by atoms with E-state index < -0.39 is 10.8 Å². The molecule has 0 aromatic carbocycles. The van der Waals surface area contributed by atoms with Crippen molar-refractivity contribution >= 4 is 10.8 Å². The van der Waals surface area contributed by atoms with Gasteiger partial charge >= 0.3 is 0 Å². The Kier molecular flexibility index (Phi) is 3.08. The van der Waals surface area contributed by atoms with E-state index in [1.54, 1.807) is 0 Å². The Balaban J connectivity index is 1.60. The molecule has 1 saturated carbocycles. The van der Waals surface area contributed by atoms with E-state index >= 15 is 0 Å². The summed E-state index contributed by atoms with van der Waals surface area (Å²) in [6, 6.07) is 1.19. The highest BCUT2D eigenvalue weighted by Crippen LogP contribution is 2.52. The molecule has 2 heterocycles. The highest BCUT2D eigenvalue weighted by molar-refractivity contribution is 7.85. The Morgan fingerprint density at radius 2 is 1.94 bits per heavy atom. The van der Waals surface area contributed by atoms with Gasteiger partial charge in [-0.25, -0.2) is 0 Å². The van der Waals surface area contributed by atoms with Crippen LogP contribution in [0.2, 0.25) is 0 Å². The van der Waals surface area contributed by atoms with Crippen LogP contribution in [0, 0.1) is 11.3 Å². The van der Waals surface area contributed by atoms with Gasteiger partial charge in [0.25, 0.3) is 0 Å². The normalized spacial score (nSPS) is 48.5. The first kappa shape index (κ1) is 12.1. The van der Waals surface area contributed by atoms with E-state index in [1.807, 2.05) is 0 Å². The topological polar surface area (TPSA) is 38.3 Å². The summed E-state index contributed by atoms with van der Waals surface area (Å²) in [4.78, 5) is 0. The van der Waals surface area contributed by atoms with Crippen molar-refractivity contribution in [1.29, 1.82) is 0 Å². The SMILES string of the molecule is CC1(C)C(NC2CCS(=O)CC2)C2CCOC21. The minimum atomic E-state index is -0.549. The smallest absolute Gasteiger partial charge is 0.0685 e. The van der Waals surface area contributed by atoms with Gasteiger partial charge in [-0.2, -0.15) is 0 Å². The van der Waals surface area contributed by atoms with E-state index in [4.69, 9.17) is 4.74 Å². The number of fused-ring (bicyclic) bond motifs is 1. The Morgan fingerprint density at radius 1 is 1.24 bits per heavy atom. The third-order valence-corrected chi connectivity index (χ3v) is 6.29. The van der Waals surface area contributed by atoms with Gasteiger partial charge in [0.2, 0.25) is 0 Å². The second-order valence-electron chi connectivity index (χ2n) is 6.33. The van der Waals surface area contributed by atoms with Crippen LogP contribution in [-0.2, 0) is 15.5 Å². The van der Waals surface area contributed by atoms with Crippen molar-refractivity contribution in [3.05, 3.63) is 0 Å². The van der Waals surface area contributed by atoms with Crippen molar-refractivity contribution < 1.29 is 8.95 Å². The first-order chi connectivity index (χ1) is 8.09. The number of ether oxygens (including phenoxy) is 1. The molecule has 2 aliphatic heterocycles. The first-order valence-corrected chi connectivity index (χ1v) is 8.30. The number of hydrogen-bond acceptors (Lipinski definition) is 3. The molecule has 0 aromatic heterocycles. The largest absolute Gasteiger partial charge is 0.377 e. The van der Waals surface area contributed by atoms with E-state index in [9.17, 15) is 4.21 Å². The van der Waals surface area contributed by atoms with Gasteiger partial charge in [-0.1, -0.05) is 13.8 Å². The number of hydrogen-bond donors (Lipinski definition) is 1. The molecule has 3 rings (SSSR count). The molecule has 3 atom stereocenters. The van der Waals surface area contributed by atoms with Crippen molar-refractivity contribution in [2.45, 2.75) is 51.3 Å². The standard InChI is InChI=1S/C13H23NO2S/c1-13(2)11(10-3-6-16-12(10)13)14-9-4-7-17(15)8-5-9/h9-12,14H,3-8H2,1-2H3. The van der Waals surface area contributed by atoms with Crippen molar-refractivity contribution in [3.63, 3.8) is 0 Å². The highest BCUT2D eigenvalue weighted by Gasteiger charge is 2.59. The molecule has 0 radical (unpaired) electrons. The van der Waals surface area contributed by atoms with E-state index in [1.165, 1.54) is 6.42 Å². The predicted octanol–water partition coefficient (Wildman–Crippen LogP) is 1.30. The summed E-state index contributed by atoms with van der Waals surface area (Å²) >= 11 is 0. The van der Waals surface area contributed by atoms with Gasteiger partial charge in [0, 0.05) is 52.3 Å². The maximum Gasteiger partial charge on any atom is 0.0685 e. The average Bonchev–Trinajstić information content (AvgIpc) is 2.75. The van der Waals surface area contributed by atoms with E-state index in [-0.39, 0.29) is 5.41 Å². The lowest BCUT2D eigenvalue weighted by Gasteiger charge is -2.56. The molecule has 2 saturated heterocycles. The average molecular weight is 257 g/mol. The maximum absolute atomic E-state index is 11.4. The molecule has 4 heteroatoms. The molecule has 1 aliphatic carbocycles. The number of nitrogens with one attached hydrogen (secondary N) is 1. The Labute approximate surface area is 106 Å². The first-order valence-electron chi connectivity index (χ1n) is 6.81. The second-order valence-corrected chi connectivity index (χ2v) is 8.03. The molecule has 3 unspecified atom stereocenters. The zero-order chi connectivity index (χ0) is 12.0. The van der Waals surface area contributed by atoms with Gasteiger partial charge < -0.3 is 10.1 Å². The van der Waals surface area contributed by atoms with Crippen LogP contribution in [0.15, 0.2) is 0 Å². The predicted molar refractivity (Wildman–Crippen MR) is 69.5 cm³/mol. The van der Waals surface area contributed by atoms with Crippen molar-refractivity contribution in [3.8, 4) is 0 Å². The maximum atomic E-state index is 11.4. The van der Waals surface area contributed by atoms with Gasteiger partial charge in [-0.05, 0) is 19.3 Å². The van der Waals surface area contributed by atoms with Crippen LogP contribution in [0.25, 0.3) is 0 Å². The van der Waals surface area contributed by atoms with Crippen molar-refractivity contribution in [2.75, 3.05) is 18.1 Å².